The first-order valence-corrected chi connectivity index (χ1v) is 11.5. The van der Waals surface area contributed by atoms with Crippen LogP contribution in [0.2, 0.25) is 0 Å². The molecule has 0 bridgehead atoms. The molecule has 33 heavy (non-hydrogen) atoms. The predicted molar refractivity (Wildman–Crippen MR) is 127 cm³/mol. The van der Waals surface area contributed by atoms with E-state index in [2.05, 4.69) is 27.2 Å². The van der Waals surface area contributed by atoms with Gasteiger partial charge in [-0.2, -0.15) is 0 Å². The predicted octanol–water partition coefficient (Wildman–Crippen LogP) is 3.27. The van der Waals surface area contributed by atoms with E-state index >= 15 is 0 Å². The summed E-state index contributed by atoms with van der Waals surface area (Å²) >= 11 is 0. The number of rotatable bonds is 10. The van der Waals surface area contributed by atoms with Gasteiger partial charge in [0.1, 0.15) is 0 Å². The molecule has 0 amide bonds. The van der Waals surface area contributed by atoms with E-state index in [0.717, 1.165) is 43.4 Å². The van der Waals surface area contributed by atoms with Crippen LogP contribution in [0.5, 0.6) is 5.88 Å². The third-order valence-electron chi connectivity index (χ3n) is 5.66. The van der Waals surface area contributed by atoms with Crippen molar-refractivity contribution in [1.82, 2.24) is 19.5 Å². The number of nitrogens with one attached hydrogen (secondary N) is 1. The highest BCUT2D eigenvalue weighted by molar-refractivity contribution is 5.78. The summed E-state index contributed by atoms with van der Waals surface area (Å²) in [7, 11) is 1.58. The van der Waals surface area contributed by atoms with E-state index in [1.54, 1.807) is 30.1 Å². The average Bonchev–Trinajstić information content (AvgIpc) is 2.87. The van der Waals surface area contributed by atoms with Crippen molar-refractivity contribution in [3.63, 3.8) is 0 Å². The lowest BCUT2D eigenvalue weighted by molar-refractivity contribution is 0.0247. The molecule has 0 radical (unpaired) electrons. The molecule has 0 aromatic carbocycles. The van der Waals surface area contributed by atoms with Gasteiger partial charge in [-0.15, -0.1) is 0 Å². The fraction of sp³-hybridized carbons (Fsp3) is 0.500. The number of methoxy groups -OCH3 is 1. The number of ether oxygens (including phenoxy) is 3. The van der Waals surface area contributed by atoms with E-state index in [9.17, 15) is 4.79 Å². The number of hydrogen-bond donors (Lipinski definition) is 1. The third-order valence-corrected chi connectivity index (χ3v) is 5.66. The van der Waals surface area contributed by atoms with Crippen molar-refractivity contribution >= 4 is 17.0 Å². The molecule has 1 aliphatic heterocycles. The second-order valence-corrected chi connectivity index (χ2v) is 8.06. The van der Waals surface area contributed by atoms with Crippen LogP contribution < -0.4 is 15.6 Å². The number of fused-ring (bicyclic) bond motifs is 1. The largest absolute Gasteiger partial charge is 0.481 e. The van der Waals surface area contributed by atoms with E-state index in [-0.39, 0.29) is 11.7 Å². The van der Waals surface area contributed by atoms with Crippen molar-refractivity contribution in [2.75, 3.05) is 38.8 Å². The van der Waals surface area contributed by atoms with E-state index in [1.165, 1.54) is 0 Å². The van der Waals surface area contributed by atoms with Gasteiger partial charge >= 0.3 is 0 Å². The van der Waals surface area contributed by atoms with E-state index in [4.69, 9.17) is 14.2 Å². The van der Waals surface area contributed by atoms with Crippen LogP contribution in [0.1, 0.15) is 32.6 Å². The van der Waals surface area contributed by atoms with Gasteiger partial charge in [-0.25, -0.2) is 15.0 Å². The van der Waals surface area contributed by atoms with Crippen LogP contribution in [-0.2, 0) is 16.0 Å². The number of anilines is 1. The Kier molecular flexibility index (Phi) is 7.85. The van der Waals surface area contributed by atoms with Crippen LogP contribution in [0.3, 0.4) is 0 Å². The van der Waals surface area contributed by atoms with Crippen molar-refractivity contribution in [2.24, 2.45) is 0 Å². The van der Waals surface area contributed by atoms with Crippen LogP contribution in [0.15, 0.2) is 35.4 Å². The second kappa shape index (κ2) is 11.2. The highest BCUT2D eigenvalue weighted by Crippen LogP contribution is 2.23. The maximum Gasteiger partial charge on any atom is 0.293 e. The first-order chi connectivity index (χ1) is 16.2. The number of nitrogens with zero attached hydrogens (tertiary/aromatic N) is 4. The zero-order valence-electron chi connectivity index (χ0n) is 19.2. The third kappa shape index (κ3) is 5.66. The molecule has 1 aliphatic rings. The first kappa shape index (κ1) is 23.1. The quantitative estimate of drug-likeness (QED) is 0.467. The van der Waals surface area contributed by atoms with Gasteiger partial charge in [0, 0.05) is 55.9 Å². The lowest BCUT2D eigenvalue weighted by Gasteiger charge is -2.23. The maximum atomic E-state index is 13.3. The zero-order valence-corrected chi connectivity index (χ0v) is 19.2. The molecule has 176 valence electrons. The van der Waals surface area contributed by atoms with Gasteiger partial charge in [0.05, 0.1) is 25.3 Å². The molecule has 0 spiro atoms. The van der Waals surface area contributed by atoms with Crippen LogP contribution in [0.4, 0.5) is 5.82 Å². The van der Waals surface area contributed by atoms with Crippen LogP contribution >= 0.6 is 0 Å². The summed E-state index contributed by atoms with van der Waals surface area (Å²) in [6, 6.07) is 5.63. The highest BCUT2D eigenvalue weighted by Gasteiger charge is 2.17. The minimum atomic E-state index is -0.190. The Morgan fingerprint density at radius 2 is 2.06 bits per heavy atom. The van der Waals surface area contributed by atoms with Gasteiger partial charge in [-0.1, -0.05) is 6.92 Å². The standard InChI is InChI=1S/C24H31N5O4/c1-3-10-32-12-9-29-20-13-18(17-7-8-21(31-2)25-14-17)15-26-22(20)28-23(24(29)30)27-16-19-6-4-5-11-33-19/h7-8,13-15,19H,3-6,9-12,16H2,1-2H3,(H,26,27,28)/t19-/m0/s1. The summed E-state index contributed by atoms with van der Waals surface area (Å²) in [6.45, 7) is 4.88. The molecule has 1 N–H and O–H groups in total. The summed E-state index contributed by atoms with van der Waals surface area (Å²) in [4.78, 5) is 26.7. The van der Waals surface area contributed by atoms with Crippen molar-refractivity contribution in [2.45, 2.75) is 45.3 Å². The molecule has 0 aliphatic carbocycles. The molecule has 1 saturated heterocycles. The Labute approximate surface area is 193 Å². The van der Waals surface area contributed by atoms with Crippen LogP contribution in [0, 0.1) is 0 Å². The van der Waals surface area contributed by atoms with E-state index in [0.29, 0.717) is 49.2 Å². The van der Waals surface area contributed by atoms with Crippen LogP contribution in [-0.4, -0.2) is 59.1 Å². The summed E-state index contributed by atoms with van der Waals surface area (Å²) in [5, 5.41) is 3.20. The van der Waals surface area contributed by atoms with E-state index < -0.39 is 0 Å². The van der Waals surface area contributed by atoms with Crippen molar-refractivity contribution in [3.8, 4) is 17.0 Å². The normalized spacial score (nSPS) is 16.1. The summed E-state index contributed by atoms with van der Waals surface area (Å²) < 4.78 is 18.3. The van der Waals surface area contributed by atoms with Crippen molar-refractivity contribution < 1.29 is 14.2 Å². The molecule has 0 unspecified atom stereocenters. The van der Waals surface area contributed by atoms with Gasteiger partial charge in [-0.05, 0) is 37.8 Å². The SMILES string of the molecule is CCCOCCn1c(=O)c(NC[C@@H]2CCCCO2)nc2ncc(-c3ccc(OC)nc3)cc21. The molecule has 9 heteroatoms. The van der Waals surface area contributed by atoms with E-state index in [1.807, 2.05) is 12.1 Å². The monoisotopic (exact) mass is 453 g/mol. The van der Waals surface area contributed by atoms with Gasteiger partial charge < -0.3 is 19.5 Å². The summed E-state index contributed by atoms with van der Waals surface area (Å²) in [6.07, 6.45) is 7.70. The lowest BCUT2D eigenvalue weighted by atomic mass is 10.1. The van der Waals surface area contributed by atoms with Gasteiger partial charge in [0.2, 0.25) is 5.88 Å². The molecule has 0 saturated carbocycles. The molecule has 1 fully saturated rings. The molecule has 3 aromatic heterocycles. The Hall–Kier alpha value is -3.04. The molecular formula is C24H31N5O4. The minimum Gasteiger partial charge on any atom is -0.481 e. The van der Waals surface area contributed by atoms with Crippen LogP contribution in [0.25, 0.3) is 22.3 Å². The smallest absolute Gasteiger partial charge is 0.293 e. The number of aromatic nitrogens is 4. The summed E-state index contributed by atoms with van der Waals surface area (Å²) in [5.41, 5.74) is 2.70. The molecule has 4 rings (SSSR count). The van der Waals surface area contributed by atoms with Crippen molar-refractivity contribution in [1.29, 1.82) is 0 Å². The summed E-state index contributed by atoms with van der Waals surface area (Å²) in [5.74, 6) is 0.829. The maximum absolute atomic E-state index is 13.3. The first-order valence-electron chi connectivity index (χ1n) is 11.5. The molecule has 4 heterocycles. The zero-order chi connectivity index (χ0) is 23.0. The molecule has 3 aromatic rings. The minimum absolute atomic E-state index is 0.0925. The topological polar surface area (TPSA) is 100 Å². The Bertz CT molecular complexity index is 1110. The van der Waals surface area contributed by atoms with Crippen molar-refractivity contribution in [3.05, 3.63) is 40.9 Å². The molecular weight excluding hydrogens is 422 g/mol. The average molecular weight is 454 g/mol. The van der Waals surface area contributed by atoms with Gasteiger partial charge in [-0.3, -0.25) is 9.36 Å². The highest BCUT2D eigenvalue weighted by atomic mass is 16.5. The fourth-order valence-electron chi connectivity index (χ4n) is 3.87. The molecule has 1 atom stereocenters. The van der Waals surface area contributed by atoms with Gasteiger partial charge in [0.15, 0.2) is 11.5 Å². The Balaban J connectivity index is 1.66. The lowest BCUT2D eigenvalue weighted by Crippen LogP contribution is -2.32. The second-order valence-electron chi connectivity index (χ2n) is 8.06. The fourth-order valence-corrected chi connectivity index (χ4v) is 3.87. The number of pyridine rings is 2. The Morgan fingerprint density at radius 1 is 1.18 bits per heavy atom. The van der Waals surface area contributed by atoms with Gasteiger partial charge in [0.25, 0.3) is 5.56 Å². The Morgan fingerprint density at radius 3 is 2.79 bits per heavy atom. The number of hydrogen-bond acceptors (Lipinski definition) is 8. The molecule has 9 nitrogen and oxygen atoms in total.